The van der Waals surface area contributed by atoms with Gasteiger partial charge in [-0.05, 0) is 44.9 Å². The highest BCUT2D eigenvalue weighted by atomic mass is 19.1. The zero-order valence-corrected chi connectivity index (χ0v) is 16.9. The van der Waals surface area contributed by atoms with Gasteiger partial charge in [-0.25, -0.2) is 24.0 Å². The number of pyridine rings is 1. The molecule has 1 amide bonds. The fraction of sp³-hybridized carbons (Fsp3) is 0.381. The highest BCUT2D eigenvalue weighted by Gasteiger charge is 2.43. The van der Waals surface area contributed by atoms with Crippen LogP contribution in [0, 0.1) is 19.7 Å². The Morgan fingerprint density at radius 1 is 1.10 bits per heavy atom. The number of hydrogen-bond acceptors (Lipinski definition) is 6. The summed E-state index contributed by atoms with van der Waals surface area (Å²) in [6, 6.07) is 5.22. The Bertz CT molecular complexity index is 1070. The van der Waals surface area contributed by atoms with Gasteiger partial charge in [-0.3, -0.25) is 4.79 Å². The number of piperazine rings is 1. The SMILES string of the molecule is Cc1cc(C)nc(N2C3CCC2CN(C(=O)c2cc(F)cnc2-n2cccn2)C3)n1. The van der Waals surface area contributed by atoms with Crippen LogP contribution in [0.25, 0.3) is 5.82 Å². The summed E-state index contributed by atoms with van der Waals surface area (Å²) < 4.78 is 15.4. The Labute approximate surface area is 173 Å². The van der Waals surface area contributed by atoms with Crippen LogP contribution in [-0.4, -0.2) is 60.7 Å². The summed E-state index contributed by atoms with van der Waals surface area (Å²) in [4.78, 5) is 30.8. The first kappa shape index (κ1) is 18.7. The molecule has 2 fully saturated rings. The number of hydrogen-bond donors (Lipinski definition) is 0. The van der Waals surface area contributed by atoms with E-state index >= 15 is 0 Å². The largest absolute Gasteiger partial charge is 0.334 e. The van der Waals surface area contributed by atoms with Crippen molar-refractivity contribution in [1.82, 2.24) is 29.6 Å². The quantitative estimate of drug-likeness (QED) is 0.663. The van der Waals surface area contributed by atoms with Gasteiger partial charge in [-0.1, -0.05) is 0 Å². The van der Waals surface area contributed by atoms with E-state index in [0.29, 0.717) is 18.9 Å². The fourth-order valence-electron chi connectivity index (χ4n) is 4.55. The Kier molecular flexibility index (Phi) is 4.45. The van der Waals surface area contributed by atoms with Crippen molar-refractivity contribution < 1.29 is 9.18 Å². The summed E-state index contributed by atoms with van der Waals surface area (Å²) >= 11 is 0. The minimum absolute atomic E-state index is 0.142. The number of carbonyl (C=O) groups excluding carboxylic acids is 1. The maximum atomic E-state index is 14.0. The minimum atomic E-state index is -0.542. The van der Waals surface area contributed by atoms with E-state index in [1.807, 2.05) is 19.9 Å². The number of anilines is 1. The summed E-state index contributed by atoms with van der Waals surface area (Å²) in [6.07, 6.45) is 6.33. The van der Waals surface area contributed by atoms with Crippen LogP contribution in [0.2, 0.25) is 0 Å². The lowest BCUT2D eigenvalue weighted by atomic mass is 10.1. The molecule has 0 saturated carbocycles. The number of likely N-dealkylation sites (tertiary alicyclic amines) is 1. The summed E-state index contributed by atoms with van der Waals surface area (Å²) in [7, 11) is 0. The van der Waals surface area contributed by atoms with E-state index in [1.165, 1.54) is 10.7 Å². The topological polar surface area (TPSA) is 80.0 Å². The van der Waals surface area contributed by atoms with Crippen molar-refractivity contribution in [3.05, 3.63) is 59.6 Å². The van der Waals surface area contributed by atoms with Crippen molar-refractivity contribution >= 4 is 11.9 Å². The smallest absolute Gasteiger partial charge is 0.257 e. The molecule has 2 bridgehead atoms. The molecule has 2 saturated heterocycles. The van der Waals surface area contributed by atoms with Gasteiger partial charge in [0.25, 0.3) is 5.91 Å². The van der Waals surface area contributed by atoms with Gasteiger partial charge in [0.15, 0.2) is 5.82 Å². The van der Waals surface area contributed by atoms with E-state index in [-0.39, 0.29) is 23.6 Å². The Morgan fingerprint density at radius 2 is 1.80 bits per heavy atom. The molecule has 2 unspecified atom stereocenters. The number of halogens is 1. The van der Waals surface area contributed by atoms with Gasteiger partial charge in [0.1, 0.15) is 5.82 Å². The van der Waals surface area contributed by atoms with E-state index < -0.39 is 5.82 Å². The van der Waals surface area contributed by atoms with E-state index in [2.05, 4.69) is 25.0 Å². The summed E-state index contributed by atoms with van der Waals surface area (Å²) in [6.45, 7) is 5.02. The second-order valence-electron chi connectivity index (χ2n) is 7.93. The third-order valence-electron chi connectivity index (χ3n) is 5.76. The third kappa shape index (κ3) is 3.20. The first-order chi connectivity index (χ1) is 14.5. The first-order valence-electron chi connectivity index (χ1n) is 10.0. The van der Waals surface area contributed by atoms with Crippen LogP contribution in [0.4, 0.5) is 10.3 Å². The van der Waals surface area contributed by atoms with Gasteiger partial charge in [0.05, 0.1) is 11.8 Å². The lowest BCUT2D eigenvalue weighted by Crippen LogP contribution is -2.56. The summed E-state index contributed by atoms with van der Waals surface area (Å²) in [5.41, 5.74) is 2.09. The minimum Gasteiger partial charge on any atom is -0.334 e. The molecule has 0 radical (unpaired) electrons. The standard InChI is InChI=1S/C21H22FN7O/c1-13-8-14(2)26-21(25-13)29-16-4-5-17(29)12-27(11-16)20(30)18-9-15(22)10-23-19(18)28-7-3-6-24-28/h3,6-10,16-17H,4-5,11-12H2,1-2H3. The van der Waals surface area contributed by atoms with Crippen molar-refractivity contribution in [2.24, 2.45) is 0 Å². The Morgan fingerprint density at radius 3 is 2.43 bits per heavy atom. The molecule has 9 heteroatoms. The molecule has 5 rings (SSSR count). The molecule has 0 N–H and O–H groups in total. The number of amides is 1. The molecular weight excluding hydrogens is 385 g/mol. The molecule has 2 atom stereocenters. The molecule has 5 heterocycles. The van der Waals surface area contributed by atoms with Crippen LogP contribution in [0.15, 0.2) is 36.8 Å². The molecule has 154 valence electrons. The van der Waals surface area contributed by atoms with E-state index in [0.717, 1.165) is 36.4 Å². The molecule has 2 aliphatic rings. The second-order valence-corrected chi connectivity index (χ2v) is 7.93. The third-order valence-corrected chi connectivity index (χ3v) is 5.76. The molecule has 8 nitrogen and oxygen atoms in total. The molecule has 3 aromatic rings. The maximum Gasteiger partial charge on any atom is 0.257 e. The zero-order chi connectivity index (χ0) is 20.8. The number of rotatable bonds is 3. The number of fused-ring (bicyclic) bond motifs is 2. The van der Waals surface area contributed by atoms with Gasteiger partial charge >= 0.3 is 0 Å². The van der Waals surface area contributed by atoms with Crippen LogP contribution in [0.5, 0.6) is 0 Å². The fourth-order valence-corrected chi connectivity index (χ4v) is 4.55. The summed E-state index contributed by atoms with van der Waals surface area (Å²) in [5, 5.41) is 4.15. The first-order valence-corrected chi connectivity index (χ1v) is 10.0. The van der Waals surface area contributed by atoms with Crippen LogP contribution < -0.4 is 4.90 Å². The van der Waals surface area contributed by atoms with Crippen LogP contribution in [0.1, 0.15) is 34.6 Å². The van der Waals surface area contributed by atoms with Crippen LogP contribution in [-0.2, 0) is 0 Å². The molecule has 0 aromatic carbocycles. The van der Waals surface area contributed by atoms with Crippen molar-refractivity contribution in [1.29, 1.82) is 0 Å². The van der Waals surface area contributed by atoms with Crippen LogP contribution in [0.3, 0.4) is 0 Å². The van der Waals surface area contributed by atoms with Crippen molar-refractivity contribution in [2.45, 2.75) is 38.8 Å². The lowest BCUT2D eigenvalue weighted by Gasteiger charge is -2.41. The van der Waals surface area contributed by atoms with Gasteiger partial charge in [0, 0.05) is 49.0 Å². The van der Waals surface area contributed by atoms with E-state index in [1.54, 1.807) is 23.4 Å². The number of nitrogens with zero attached hydrogens (tertiary/aromatic N) is 7. The molecule has 2 aliphatic heterocycles. The number of carbonyl (C=O) groups is 1. The molecule has 3 aromatic heterocycles. The molecule has 0 spiro atoms. The zero-order valence-electron chi connectivity index (χ0n) is 16.9. The number of aryl methyl sites for hydroxylation is 2. The maximum absolute atomic E-state index is 14.0. The average molecular weight is 407 g/mol. The van der Waals surface area contributed by atoms with Crippen LogP contribution >= 0.6 is 0 Å². The highest BCUT2D eigenvalue weighted by molar-refractivity contribution is 5.97. The predicted molar refractivity (Wildman–Crippen MR) is 108 cm³/mol. The second kappa shape index (κ2) is 7.16. The molecule has 0 aliphatic carbocycles. The monoisotopic (exact) mass is 407 g/mol. The van der Waals surface area contributed by atoms with E-state index in [4.69, 9.17) is 0 Å². The van der Waals surface area contributed by atoms with Crippen molar-refractivity contribution in [2.75, 3.05) is 18.0 Å². The molecular formula is C21H22FN7O. The predicted octanol–water partition coefficient (Wildman–Crippen LogP) is 2.31. The van der Waals surface area contributed by atoms with Gasteiger partial charge in [0.2, 0.25) is 5.95 Å². The van der Waals surface area contributed by atoms with E-state index in [9.17, 15) is 9.18 Å². The normalized spacial score (nSPS) is 20.6. The number of aromatic nitrogens is 5. The summed E-state index contributed by atoms with van der Waals surface area (Å²) in [5.74, 6) is 0.292. The average Bonchev–Trinajstić information content (AvgIpc) is 3.33. The van der Waals surface area contributed by atoms with Gasteiger partial charge < -0.3 is 9.80 Å². The van der Waals surface area contributed by atoms with Crippen molar-refractivity contribution in [3.63, 3.8) is 0 Å². The van der Waals surface area contributed by atoms with Crippen molar-refractivity contribution in [3.8, 4) is 5.82 Å². The molecule has 30 heavy (non-hydrogen) atoms. The Balaban J connectivity index is 1.43. The lowest BCUT2D eigenvalue weighted by molar-refractivity contribution is 0.0715. The Hall–Kier alpha value is -3.36. The highest BCUT2D eigenvalue weighted by Crippen LogP contribution is 2.34. The van der Waals surface area contributed by atoms with Gasteiger partial charge in [-0.2, -0.15) is 5.10 Å². The van der Waals surface area contributed by atoms with Gasteiger partial charge in [-0.15, -0.1) is 0 Å².